The summed E-state index contributed by atoms with van der Waals surface area (Å²) in [5.74, 6) is -0.0539. The van der Waals surface area contributed by atoms with Crippen LogP contribution in [0.3, 0.4) is 0 Å². The molecule has 2 aromatic heterocycles. The molecule has 2 fully saturated rings. The molecule has 1 aliphatic carbocycles. The lowest BCUT2D eigenvalue weighted by Gasteiger charge is -2.41. The third-order valence-electron chi connectivity index (χ3n) is 6.05. The Morgan fingerprint density at radius 3 is 2.62 bits per heavy atom. The van der Waals surface area contributed by atoms with E-state index >= 15 is 0 Å². The smallest absolute Gasteiger partial charge is 0.256 e. The SMILES string of the molecule is C=CC(=O)N1CCN(C(=O)c2c[nH]c3nc(-c4ccccc4)ccc23)C2(CC2)C1. The molecule has 1 N–H and O–H groups in total. The Balaban J connectivity index is 1.43. The summed E-state index contributed by atoms with van der Waals surface area (Å²) < 4.78 is 0. The topological polar surface area (TPSA) is 69.3 Å². The summed E-state index contributed by atoms with van der Waals surface area (Å²) in [7, 11) is 0. The van der Waals surface area contributed by atoms with Gasteiger partial charge < -0.3 is 14.8 Å². The molecule has 146 valence electrons. The van der Waals surface area contributed by atoms with Gasteiger partial charge in [-0.05, 0) is 31.1 Å². The number of aromatic amines is 1. The largest absolute Gasteiger partial charge is 0.345 e. The number of carbonyl (C=O) groups excluding carboxylic acids is 2. The molecule has 1 saturated carbocycles. The molecule has 0 bridgehead atoms. The fourth-order valence-corrected chi connectivity index (χ4v) is 4.28. The number of carbonyl (C=O) groups is 2. The molecule has 29 heavy (non-hydrogen) atoms. The Kier molecular flexibility index (Phi) is 4.01. The minimum atomic E-state index is -0.227. The van der Waals surface area contributed by atoms with Crippen molar-refractivity contribution < 1.29 is 9.59 Å². The summed E-state index contributed by atoms with van der Waals surface area (Å²) in [6.45, 7) is 5.25. The minimum absolute atomic E-state index is 0.00807. The lowest BCUT2D eigenvalue weighted by atomic mass is 10.1. The van der Waals surface area contributed by atoms with Crippen LogP contribution in [0.2, 0.25) is 0 Å². The third-order valence-corrected chi connectivity index (χ3v) is 6.05. The molecule has 3 heterocycles. The van der Waals surface area contributed by atoms with Crippen LogP contribution in [-0.2, 0) is 4.79 Å². The molecule has 0 unspecified atom stereocenters. The Labute approximate surface area is 168 Å². The Morgan fingerprint density at radius 2 is 1.90 bits per heavy atom. The highest BCUT2D eigenvalue weighted by Gasteiger charge is 2.54. The number of nitrogens with zero attached hydrogens (tertiary/aromatic N) is 3. The van der Waals surface area contributed by atoms with Crippen molar-refractivity contribution in [3.63, 3.8) is 0 Å². The number of pyridine rings is 1. The lowest BCUT2D eigenvalue weighted by molar-refractivity contribution is -0.129. The fourth-order valence-electron chi connectivity index (χ4n) is 4.28. The molecule has 2 aliphatic rings. The van der Waals surface area contributed by atoms with Gasteiger partial charge in [0.2, 0.25) is 5.91 Å². The van der Waals surface area contributed by atoms with E-state index < -0.39 is 0 Å². The van der Waals surface area contributed by atoms with Crippen LogP contribution in [-0.4, -0.2) is 56.8 Å². The van der Waals surface area contributed by atoms with Crippen LogP contribution in [0.15, 0.2) is 61.3 Å². The van der Waals surface area contributed by atoms with E-state index in [4.69, 9.17) is 4.98 Å². The normalized spacial score (nSPS) is 17.5. The van der Waals surface area contributed by atoms with Crippen LogP contribution in [0.4, 0.5) is 0 Å². The number of aromatic nitrogens is 2. The predicted octanol–water partition coefficient (Wildman–Crippen LogP) is 3.23. The van der Waals surface area contributed by atoms with Gasteiger partial charge >= 0.3 is 0 Å². The van der Waals surface area contributed by atoms with E-state index in [1.807, 2.05) is 47.4 Å². The summed E-state index contributed by atoms with van der Waals surface area (Å²) in [6.07, 6.45) is 4.96. The number of hydrogen-bond donors (Lipinski definition) is 1. The third kappa shape index (κ3) is 2.92. The lowest BCUT2D eigenvalue weighted by Crippen LogP contribution is -2.58. The monoisotopic (exact) mass is 386 g/mol. The van der Waals surface area contributed by atoms with Crippen LogP contribution < -0.4 is 0 Å². The van der Waals surface area contributed by atoms with Crippen LogP contribution in [0.25, 0.3) is 22.3 Å². The van der Waals surface area contributed by atoms with Gasteiger partial charge in [-0.25, -0.2) is 4.98 Å². The number of hydrogen-bond acceptors (Lipinski definition) is 3. The molecule has 1 spiro atoms. The Bertz CT molecular complexity index is 1110. The quantitative estimate of drug-likeness (QED) is 0.703. The van der Waals surface area contributed by atoms with Crippen molar-refractivity contribution in [3.05, 3.63) is 66.9 Å². The summed E-state index contributed by atoms with van der Waals surface area (Å²) in [5.41, 5.74) is 3.03. The molecular formula is C23H22N4O2. The first-order valence-corrected chi connectivity index (χ1v) is 9.88. The molecular weight excluding hydrogens is 364 g/mol. The van der Waals surface area contributed by atoms with Gasteiger partial charge in [-0.3, -0.25) is 9.59 Å². The highest BCUT2D eigenvalue weighted by atomic mass is 16.2. The first-order chi connectivity index (χ1) is 14.1. The number of nitrogens with one attached hydrogen (secondary N) is 1. The van der Waals surface area contributed by atoms with Crippen LogP contribution in [0.5, 0.6) is 0 Å². The van der Waals surface area contributed by atoms with Crippen molar-refractivity contribution in [2.75, 3.05) is 19.6 Å². The second-order valence-corrected chi connectivity index (χ2v) is 7.81. The van der Waals surface area contributed by atoms with Gasteiger partial charge in [-0.15, -0.1) is 0 Å². The molecule has 3 aromatic rings. The summed E-state index contributed by atoms with van der Waals surface area (Å²) in [4.78, 5) is 37.0. The van der Waals surface area contributed by atoms with E-state index in [-0.39, 0.29) is 17.4 Å². The second kappa shape index (κ2) is 6.58. The van der Waals surface area contributed by atoms with Gasteiger partial charge in [0.15, 0.2) is 0 Å². The maximum atomic E-state index is 13.4. The van der Waals surface area contributed by atoms with Gasteiger partial charge in [-0.2, -0.15) is 0 Å². The van der Waals surface area contributed by atoms with Crippen molar-refractivity contribution in [1.29, 1.82) is 0 Å². The van der Waals surface area contributed by atoms with Crippen LogP contribution in [0, 0.1) is 0 Å². The number of rotatable bonds is 3. The predicted molar refractivity (Wildman–Crippen MR) is 111 cm³/mol. The van der Waals surface area contributed by atoms with Crippen molar-refractivity contribution in [2.45, 2.75) is 18.4 Å². The first-order valence-electron chi connectivity index (χ1n) is 9.88. The molecule has 1 aromatic carbocycles. The highest BCUT2D eigenvalue weighted by molar-refractivity contribution is 6.06. The van der Waals surface area contributed by atoms with Crippen molar-refractivity contribution in [3.8, 4) is 11.3 Å². The van der Waals surface area contributed by atoms with E-state index in [1.54, 1.807) is 11.1 Å². The number of benzene rings is 1. The van der Waals surface area contributed by atoms with Gasteiger partial charge in [0.05, 0.1) is 16.8 Å². The summed E-state index contributed by atoms with van der Waals surface area (Å²) in [5, 5.41) is 0.829. The van der Waals surface area contributed by atoms with Crippen molar-refractivity contribution >= 4 is 22.8 Å². The molecule has 1 saturated heterocycles. The number of piperazine rings is 1. The Hall–Kier alpha value is -3.41. The average molecular weight is 386 g/mol. The highest BCUT2D eigenvalue weighted by Crippen LogP contribution is 2.45. The zero-order valence-corrected chi connectivity index (χ0v) is 16.1. The molecule has 5 rings (SSSR count). The Morgan fingerprint density at radius 1 is 1.10 bits per heavy atom. The molecule has 1 aliphatic heterocycles. The van der Waals surface area contributed by atoms with E-state index in [1.165, 1.54) is 6.08 Å². The summed E-state index contributed by atoms with van der Waals surface area (Å²) >= 11 is 0. The molecule has 6 nitrogen and oxygen atoms in total. The van der Waals surface area contributed by atoms with Gasteiger partial charge in [-0.1, -0.05) is 36.9 Å². The molecule has 0 radical (unpaired) electrons. The van der Waals surface area contributed by atoms with Crippen LogP contribution >= 0.6 is 0 Å². The average Bonchev–Trinajstić information content (AvgIpc) is 3.39. The van der Waals surface area contributed by atoms with Gasteiger partial charge in [0, 0.05) is 36.8 Å². The van der Waals surface area contributed by atoms with E-state index in [9.17, 15) is 9.59 Å². The zero-order chi connectivity index (χ0) is 20.0. The van der Waals surface area contributed by atoms with E-state index in [0.29, 0.717) is 30.8 Å². The molecule has 0 atom stereocenters. The number of amides is 2. The molecule has 2 amide bonds. The standard InChI is InChI=1S/C23H22N4O2/c1-2-20(28)26-12-13-27(23(15-26)10-11-23)22(29)18-14-24-21-17(18)8-9-19(25-21)16-6-4-3-5-7-16/h2-9,14H,1,10-13,15H2,(H,24,25). The van der Waals surface area contributed by atoms with Gasteiger partial charge in [0.25, 0.3) is 5.91 Å². The molecule has 6 heteroatoms. The number of fused-ring (bicyclic) bond motifs is 1. The number of H-pyrrole nitrogens is 1. The van der Waals surface area contributed by atoms with E-state index in [2.05, 4.69) is 11.6 Å². The second-order valence-electron chi connectivity index (χ2n) is 7.81. The van der Waals surface area contributed by atoms with Crippen LogP contribution in [0.1, 0.15) is 23.2 Å². The zero-order valence-electron chi connectivity index (χ0n) is 16.1. The van der Waals surface area contributed by atoms with Crippen molar-refractivity contribution in [2.24, 2.45) is 0 Å². The first kappa shape index (κ1) is 17.7. The maximum Gasteiger partial charge on any atom is 0.256 e. The van der Waals surface area contributed by atoms with Crippen molar-refractivity contribution in [1.82, 2.24) is 19.8 Å². The maximum absolute atomic E-state index is 13.4. The fraction of sp³-hybridized carbons (Fsp3) is 0.261. The van der Waals surface area contributed by atoms with E-state index in [0.717, 1.165) is 29.5 Å². The minimum Gasteiger partial charge on any atom is -0.345 e. The summed E-state index contributed by atoms with van der Waals surface area (Å²) in [6, 6.07) is 13.9. The van der Waals surface area contributed by atoms with Gasteiger partial charge in [0.1, 0.15) is 5.65 Å².